The van der Waals surface area contributed by atoms with Gasteiger partial charge in [0.05, 0.1) is 8.31 Å². The number of hydrogen-bond donors (Lipinski definition) is 0. The number of rotatable bonds is 7. The molecule has 2 aliphatic carbocycles. The first-order valence-electron chi connectivity index (χ1n) is 17.7. The van der Waals surface area contributed by atoms with E-state index in [4.69, 9.17) is 0 Å². The molecule has 0 N–H and O–H groups in total. The Morgan fingerprint density at radius 1 is 0.522 bits per heavy atom. The molecule has 0 heterocycles. The van der Waals surface area contributed by atoms with Crippen LogP contribution >= 0.6 is 0 Å². The zero-order valence-corrected chi connectivity index (χ0v) is 32.3. The van der Waals surface area contributed by atoms with Crippen LogP contribution in [0.5, 0.6) is 0 Å². The summed E-state index contributed by atoms with van der Waals surface area (Å²) >= 11 is 0. The van der Waals surface area contributed by atoms with Crippen LogP contribution < -0.4 is 0 Å². The quantitative estimate of drug-likeness (QED) is 0.177. The Labute approximate surface area is 282 Å². The van der Waals surface area contributed by atoms with Gasteiger partial charge < -0.3 is 0 Å². The maximum Gasteiger partial charge on any atom is 0.0547 e. The summed E-state index contributed by atoms with van der Waals surface area (Å²) in [6.45, 7) is 23.7. The molecule has 0 spiro atoms. The van der Waals surface area contributed by atoms with E-state index in [0.717, 1.165) is 0 Å². The highest BCUT2D eigenvalue weighted by atomic mass is 29.2. The van der Waals surface area contributed by atoms with Gasteiger partial charge in [-0.1, -0.05) is 176 Å². The monoisotopic (exact) mass is 638 g/mol. The fourth-order valence-corrected chi connectivity index (χ4v) is 24.1. The summed E-state index contributed by atoms with van der Waals surface area (Å²) in [5.41, 5.74) is 19.2. The maximum atomic E-state index is 2.58. The van der Waals surface area contributed by atoms with E-state index in [1.165, 1.54) is 56.6 Å². The molecular formula is C44H54Si2. The van der Waals surface area contributed by atoms with Gasteiger partial charge in [0.2, 0.25) is 0 Å². The van der Waals surface area contributed by atoms with Gasteiger partial charge in [-0.3, -0.25) is 0 Å². The predicted octanol–water partition coefficient (Wildman–Crippen LogP) is 12.0. The standard InChI is InChI=1S/C44H54Si2/c1-11-45(12-2)46(41-29(3)27-39-35(15-13-17-37(39)41)31-19-23-33(24-20-31)43(5,6)7)42-30(4)28-40-36(16-14-18-38(40)42)32-21-25-34(26-22-32)44(8,9)10/h13-28,41-42,45-46H,11-12H2,1-10H3. The van der Waals surface area contributed by atoms with E-state index >= 15 is 0 Å². The lowest BCUT2D eigenvalue weighted by Crippen LogP contribution is -2.45. The van der Waals surface area contributed by atoms with E-state index in [0.29, 0.717) is 11.1 Å². The topological polar surface area (TPSA) is 0 Å². The van der Waals surface area contributed by atoms with Crippen LogP contribution in [0.4, 0.5) is 0 Å². The fourth-order valence-electron chi connectivity index (χ4n) is 8.55. The Kier molecular flexibility index (Phi) is 8.84. The maximum absolute atomic E-state index is 2.58. The summed E-state index contributed by atoms with van der Waals surface area (Å²) in [5.74, 6) is 0. The van der Waals surface area contributed by atoms with Crippen molar-refractivity contribution in [3.63, 3.8) is 0 Å². The van der Waals surface area contributed by atoms with E-state index in [9.17, 15) is 0 Å². The van der Waals surface area contributed by atoms with Gasteiger partial charge >= 0.3 is 0 Å². The van der Waals surface area contributed by atoms with Crippen LogP contribution in [0.25, 0.3) is 34.4 Å². The van der Waals surface area contributed by atoms with Crippen molar-refractivity contribution in [3.8, 4) is 22.3 Å². The molecule has 0 aromatic heterocycles. The molecule has 0 bridgehead atoms. The van der Waals surface area contributed by atoms with Crippen LogP contribution in [-0.2, 0) is 10.8 Å². The Morgan fingerprint density at radius 3 is 1.22 bits per heavy atom. The highest BCUT2D eigenvalue weighted by Gasteiger charge is 2.44. The van der Waals surface area contributed by atoms with E-state index in [1.54, 1.807) is 22.3 Å². The molecule has 4 aromatic carbocycles. The van der Waals surface area contributed by atoms with Crippen LogP contribution in [0.2, 0.25) is 12.1 Å². The van der Waals surface area contributed by atoms with Gasteiger partial charge in [-0.25, -0.2) is 0 Å². The molecule has 6 rings (SSSR count). The number of fused-ring (bicyclic) bond motifs is 2. The smallest absolute Gasteiger partial charge is 0.0547 e. The summed E-state index contributed by atoms with van der Waals surface area (Å²) in [5, 5.41) is 0. The van der Waals surface area contributed by atoms with E-state index in [1.807, 2.05) is 0 Å². The summed E-state index contributed by atoms with van der Waals surface area (Å²) < 4.78 is 0. The molecule has 0 saturated carbocycles. The first kappa shape index (κ1) is 32.7. The van der Waals surface area contributed by atoms with Gasteiger partial charge in [0.25, 0.3) is 0 Å². The lowest BCUT2D eigenvalue weighted by Gasteiger charge is -2.37. The molecule has 0 radical (unpaired) electrons. The molecule has 0 nitrogen and oxygen atoms in total. The Hall–Kier alpha value is -3.21. The summed E-state index contributed by atoms with van der Waals surface area (Å²) in [7, 11) is -2.31. The van der Waals surface area contributed by atoms with E-state index in [2.05, 4.69) is 166 Å². The van der Waals surface area contributed by atoms with Crippen molar-refractivity contribution in [2.24, 2.45) is 0 Å². The third kappa shape index (κ3) is 5.88. The van der Waals surface area contributed by atoms with Crippen molar-refractivity contribution in [3.05, 3.63) is 129 Å². The van der Waals surface area contributed by atoms with Crippen LogP contribution in [-0.4, -0.2) is 16.6 Å². The van der Waals surface area contributed by atoms with Crippen molar-refractivity contribution < 1.29 is 0 Å². The van der Waals surface area contributed by atoms with Crippen LogP contribution in [0, 0.1) is 0 Å². The summed E-state index contributed by atoms with van der Waals surface area (Å²) in [6, 6.07) is 35.9. The van der Waals surface area contributed by atoms with Crippen molar-refractivity contribution >= 4 is 28.8 Å². The highest BCUT2D eigenvalue weighted by Crippen LogP contribution is 2.51. The minimum absolute atomic E-state index is 0.163. The first-order valence-corrected chi connectivity index (χ1v) is 23.3. The fraction of sp³-hybridized carbons (Fsp3) is 0.364. The minimum Gasteiger partial charge on any atom is -0.0685 e. The molecule has 0 saturated heterocycles. The predicted molar refractivity (Wildman–Crippen MR) is 209 cm³/mol. The van der Waals surface area contributed by atoms with E-state index in [-0.39, 0.29) is 10.8 Å². The van der Waals surface area contributed by atoms with Crippen molar-refractivity contribution in [2.75, 3.05) is 0 Å². The van der Waals surface area contributed by atoms with Gasteiger partial charge in [-0.05, 0) is 91.4 Å². The Balaban J connectivity index is 1.43. The zero-order valence-electron chi connectivity index (χ0n) is 30.0. The van der Waals surface area contributed by atoms with Crippen LogP contribution in [0.1, 0.15) is 114 Å². The molecule has 2 heteroatoms. The Morgan fingerprint density at radius 2 is 0.891 bits per heavy atom. The SMILES string of the molecule is CC[SiH](CC)[SiH](C1C(C)=Cc2c(-c3ccc(C(C)(C)C)cc3)cccc21)C1C(C)=Cc2c(-c3ccc(C(C)(C)C)cc3)cccc21. The minimum atomic E-state index is -1.33. The van der Waals surface area contributed by atoms with Gasteiger partial charge in [-0.2, -0.15) is 0 Å². The second-order valence-corrected chi connectivity index (χ2v) is 26.9. The highest BCUT2D eigenvalue weighted by molar-refractivity contribution is 7.24. The van der Waals surface area contributed by atoms with Gasteiger partial charge in [0.15, 0.2) is 0 Å². The molecule has 4 aromatic rings. The van der Waals surface area contributed by atoms with Gasteiger partial charge in [-0.15, -0.1) is 0 Å². The second kappa shape index (κ2) is 12.4. The normalized spacial score (nSPS) is 18.3. The third-order valence-corrected chi connectivity index (χ3v) is 26.1. The second-order valence-electron chi connectivity index (χ2n) is 16.2. The zero-order chi connectivity index (χ0) is 33.0. The molecule has 0 amide bonds. The molecule has 0 aliphatic heterocycles. The Bertz CT molecular complexity index is 1660. The summed E-state index contributed by atoms with van der Waals surface area (Å²) in [6.07, 6.45) is 5.15. The third-order valence-electron chi connectivity index (χ3n) is 11.2. The number of allylic oxidation sites excluding steroid dienone is 2. The van der Waals surface area contributed by atoms with Crippen LogP contribution in [0.15, 0.2) is 96.1 Å². The molecule has 0 fully saturated rings. The first-order chi connectivity index (χ1) is 21.8. The average Bonchev–Trinajstić information content (AvgIpc) is 3.54. The molecule has 2 unspecified atom stereocenters. The van der Waals surface area contributed by atoms with Gasteiger partial charge in [0, 0.05) is 8.31 Å². The molecule has 46 heavy (non-hydrogen) atoms. The number of benzene rings is 4. The lowest BCUT2D eigenvalue weighted by atomic mass is 9.86. The molecule has 238 valence electrons. The average molecular weight is 639 g/mol. The van der Waals surface area contributed by atoms with Crippen LogP contribution in [0.3, 0.4) is 0 Å². The van der Waals surface area contributed by atoms with E-state index < -0.39 is 16.6 Å². The van der Waals surface area contributed by atoms with Crippen molar-refractivity contribution in [1.82, 2.24) is 0 Å². The molecular weight excluding hydrogens is 585 g/mol. The largest absolute Gasteiger partial charge is 0.0685 e. The van der Waals surface area contributed by atoms with Crippen molar-refractivity contribution in [2.45, 2.75) is 103 Å². The molecule has 2 aliphatic rings. The van der Waals surface area contributed by atoms with Crippen molar-refractivity contribution in [1.29, 1.82) is 0 Å². The van der Waals surface area contributed by atoms with Gasteiger partial charge in [0.1, 0.15) is 0 Å². The molecule has 2 atom stereocenters. The number of hydrogen-bond acceptors (Lipinski definition) is 0. The summed E-state index contributed by atoms with van der Waals surface area (Å²) in [4.78, 5) is 0. The lowest BCUT2D eigenvalue weighted by molar-refractivity contribution is 0.590.